The van der Waals surface area contributed by atoms with Gasteiger partial charge in [-0.25, -0.2) is 4.98 Å². The second-order valence-corrected chi connectivity index (χ2v) is 6.83. The Balaban J connectivity index is 1.64. The number of nitrogen functional groups attached to an aromatic ring is 1. The van der Waals surface area contributed by atoms with Crippen molar-refractivity contribution >= 4 is 16.7 Å². The Hall–Kier alpha value is -2.37. The molecule has 5 heteroatoms. The van der Waals surface area contributed by atoms with Gasteiger partial charge in [-0.1, -0.05) is 24.3 Å². The van der Waals surface area contributed by atoms with Crippen LogP contribution in [0.5, 0.6) is 0 Å². The first-order valence-electron chi connectivity index (χ1n) is 8.14. The monoisotopic (exact) mass is 324 g/mol. The maximum Gasteiger partial charge on any atom is 0.123 e. The Kier molecular flexibility index (Phi) is 4.55. The van der Waals surface area contributed by atoms with Gasteiger partial charge in [0.25, 0.3) is 0 Å². The lowest BCUT2D eigenvalue weighted by molar-refractivity contribution is 0.160. The van der Waals surface area contributed by atoms with Gasteiger partial charge in [0.2, 0.25) is 0 Å². The zero-order valence-corrected chi connectivity index (χ0v) is 14.1. The second-order valence-electron chi connectivity index (χ2n) is 6.83. The minimum Gasteiger partial charge on any atom is -0.387 e. The van der Waals surface area contributed by atoms with Crippen LogP contribution >= 0.6 is 0 Å². The van der Waals surface area contributed by atoms with E-state index in [4.69, 9.17) is 5.73 Å². The molecule has 0 amide bonds. The van der Waals surface area contributed by atoms with Crippen molar-refractivity contribution in [3.63, 3.8) is 0 Å². The van der Waals surface area contributed by atoms with E-state index < -0.39 is 6.10 Å². The number of nitrogens with two attached hydrogens (primary N) is 1. The molecule has 5 N–H and O–H groups in total. The van der Waals surface area contributed by atoms with Gasteiger partial charge in [0.05, 0.1) is 6.10 Å². The lowest BCUT2D eigenvalue weighted by Crippen LogP contribution is -2.43. The normalized spacial score (nSPS) is 13.3. The molecule has 3 aromatic rings. The highest BCUT2D eigenvalue weighted by atomic mass is 16.3. The van der Waals surface area contributed by atoms with E-state index in [9.17, 15) is 5.11 Å². The van der Waals surface area contributed by atoms with E-state index in [-0.39, 0.29) is 5.54 Å². The van der Waals surface area contributed by atoms with E-state index in [0.29, 0.717) is 12.4 Å². The highest BCUT2D eigenvalue weighted by molar-refractivity contribution is 5.83. The number of para-hydroxylation sites is 1. The molecule has 0 fully saturated rings. The summed E-state index contributed by atoms with van der Waals surface area (Å²) in [7, 11) is 0. The van der Waals surface area contributed by atoms with Crippen LogP contribution in [0.2, 0.25) is 0 Å². The lowest BCUT2D eigenvalue weighted by Gasteiger charge is -2.28. The first-order valence-corrected chi connectivity index (χ1v) is 8.14. The number of aromatic amines is 1. The molecule has 2 aromatic heterocycles. The van der Waals surface area contributed by atoms with Crippen molar-refractivity contribution in [3.8, 4) is 0 Å². The summed E-state index contributed by atoms with van der Waals surface area (Å²) in [5, 5.41) is 15.0. The number of fused-ring (bicyclic) bond motifs is 1. The molecule has 0 radical (unpaired) electrons. The Bertz CT molecular complexity index is 808. The van der Waals surface area contributed by atoms with Gasteiger partial charge in [-0.3, -0.25) is 0 Å². The van der Waals surface area contributed by atoms with E-state index in [0.717, 1.165) is 17.5 Å². The minimum atomic E-state index is -0.611. The molecule has 1 aromatic carbocycles. The predicted octanol–water partition coefficient (Wildman–Crippen LogP) is 2.79. The van der Waals surface area contributed by atoms with Crippen LogP contribution in [0.4, 0.5) is 5.82 Å². The van der Waals surface area contributed by atoms with Crippen molar-refractivity contribution in [2.24, 2.45) is 0 Å². The molecule has 0 spiro atoms. The average Bonchev–Trinajstić information content (AvgIpc) is 2.96. The van der Waals surface area contributed by atoms with Crippen LogP contribution in [0.1, 0.15) is 31.1 Å². The number of hydrogen-bond acceptors (Lipinski definition) is 4. The maximum absolute atomic E-state index is 10.3. The number of aliphatic hydroxyl groups is 1. The van der Waals surface area contributed by atoms with Crippen LogP contribution in [-0.2, 0) is 6.42 Å². The van der Waals surface area contributed by atoms with Crippen LogP contribution in [0.15, 0.2) is 48.8 Å². The van der Waals surface area contributed by atoms with Crippen LogP contribution in [0.3, 0.4) is 0 Å². The van der Waals surface area contributed by atoms with Crippen LogP contribution < -0.4 is 11.1 Å². The number of benzene rings is 1. The van der Waals surface area contributed by atoms with Gasteiger partial charge >= 0.3 is 0 Å². The number of hydrogen-bond donors (Lipinski definition) is 4. The largest absolute Gasteiger partial charge is 0.387 e. The molecule has 0 saturated heterocycles. The average molecular weight is 324 g/mol. The zero-order chi connectivity index (χ0) is 17.2. The molecule has 5 nitrogen and oxygen atoms in total. The van der Waals surface area contributed by atoms with Gasteiger partial charge < -0.3 is 21.1 Å². The molecule has 0 saturated carbocycles. The van der Waals surface area contributed by atoms with Gasteiger partial charge in [0.15, 0.2) is 0 Å². The fourth-order valence-electron chi connectivity index (χ4n) is 2.92. The van der Waals surface area contributed by atoms with E-state index in [1.54, 1.807) is 18.3 Å². The number of nitrogens with zero attached hydrogens (tertiary/aromatic N) is 1. The number of aliphatic hydroxyl groups excluding tert-OH is 1. The topological polar surface area (TPSA) is 87.0 Å². The second kappa shape index (κ2) is 6.63. The molecule has 126 valence electrons. The molecule has 3 rings (SSSR count). The highest BCUT2D eigenvalue weighted by Crippen LogP contribution is 2.23. The molecule has 24 heavy (non-hydrogen) atoms. The van der Waals surface area contributed by atoms with Crippen molar-refractivity contribution in [3.05, 3.63) is 59.9 Å². The van der Waals surface area contributed by atoms with Gasteiger partial charge in [0, 0.05) is 40.9 Å². The minimum absolute atomic E-state index is 0.146. The van der Waals surface area contributed by atoms with Crippen molar-refractivity contribution in [2.45, 2.75) is 31.9 Å². The van der Waals surface area contributed by atoms with Crippen molar-refractivity contribution in [2.75, 3.05) is 12.3 Å². The third kappa shape index (κ3) is 3.75. The summed E-state index contributed by atoms with van der Waals surface area (Å²) in [5.41, 5.74) is 8.62. The van der Waals surface area contributed by atoms with E-state index in [1.165, 1.54) is 10.9 Å². The zero-order valence-electron chi connectivity index (χ0n) is 14.1. The summed E-state index contributed by atoms with van der Waals surface area (Å²) in [6, 6.07) is 11.8. The van der Waals surface area contributed by atoms with Crippen molar-refractivity contribution in [1.82, 2.24) is 15.3 Å². The molecular formula is C19H24N4O. The van der Waals surface area contributed by atoms with Gasteiger partial charge in [-0.15, -0.1) is 0 Å². The Morgan fingerprint density at radius 3 is 2.79 bits per heavy atom. The number of nitrogens with one attached hydrogen (secondary N) is 2. The van der Waals surface area contributed by atoms with E-state index in [2.05, 4.69) is 53.5 Å². The summed E-state index contributed by atoms with van der Waals surface area (Å²) in [4.78, 5) is 7.33. The Labute approximate surface area is 141 Å². The summed E-state index contributed by atoms with van der Waals surface area (Å²) in [6.07, 6.45) is 3.94. The molecule has 0 aliphatic heterocycles. The molecule has 0 unspecified atom stereocenters. The number of anilines is 1. The first-order chi connectivity index (χ1) is 11.4. The number of aromatic nitrogens is 2. The molecule has 2 heterocycles. The SMILES string of the molecule is CC(C)(Cc1c[nH]c2ccccc12)NC[C@H](O)c1ccc(N)nc1. The summed E-state index contributed by atoms with van der Waals surface area (Å²) in [6.45, 7) is 4.74. The van der Waals surface area contributed by atoms with E-state index >= 15 is 0 Å². The number of H-pyrrole nitrogens is 1. The summed E-state index contributed by atoms with van der Waals surface area (Å²) in [5.74, 6) is 0.457. The Morgan fingerprint density at radius 1 is 1.25 bits per heavy atom. The number of rotatable bonds is 6. The molecule has 0 bridgehead atoms. The van der Waals surface area contributed by atoms with Crippen molar-refractivity contribution < 1.29 is 5.11 Å². The summed E-state index contributed by atoms with van der Waals surface area (Å²) < 4.78 is 0. The fraction of sp³-hybridized carbons (Fsp3) is 0.316. The molecule has 1 atom stereocenters. The van der Waals surface area contributed by atoms with Crippen LogP contribution in [0.25, 0.3) is 10.9 Å². The summed E-state index contributed by atoms with van der Waals surface area (Å²) >= 11 is 0. The number of β-amino-alcohol motifs (C(OH)–C–C–N with tert-alkyl or cyclic N) is 1. The van der Waals surface area contributed by atoms with Gasteiger partial charge in [-0.05, 0) is 38.0 Å². The fourth-order valence-corrected chi connectivity index (χ4v) is 2.92. The smallest absolute Gasteiger partial charge is 0.123 e. The van der Waals surface area contributed by atoms with Crippen molar-refractivity contribution in [1.29, 1.82) is 0 Å². The highest BCUT2D eigenvalue weighted by Gasteiger charge is 2.21. The Morgan fingerprint density at radius 2 is 2.04 bits per heavy atom. The molecular weight excluding hydrogens is 300 g/mol. The lowest BCUT2D eigenvalue weighted by atomic mass is 9.94. The maximum atomic E-state index is 10.3. The first kappa shape index (κ1) is 16.5. The standard InChI is InChI=1S/C19H24N4O/c1-19(2,9-14-11-21-16-6-4-3-5-15(14)16)23-12-17(24)13-7-8-18(20)22-10-13/h3-8,10-11,17,21,23-24H,9,12H2,1-2H3,(H2,20,22)/t17-/m0/s1. The van der Waals surface area contributed by atoms with E-state index in [1.807, 2.05) is 6.07 Å². The third-order valence-electron chi connectivity index (χ3n) is 4.28. The molecule has 0 aliphatic carbocycles. The van der Waals surface area contributed by atoms with Gasteiger partial charge in [-0.2, -0.15) is 0 Å². The quantitative estimate of drug-likeness (QED) is 0.561. The van der Waals surface area contributed by atoms with Crippen LogP contribution in [0, 0.1) is 0 Å². The predicted molar refractivity (Wildman–Crippen MR) is 97.7 cm³/mol. The third-order valence-corrected chi connectivity index (χ3v) is 4.28. The number of pyridine rings is 1. The van der Waals surface area contributed by atoms with Gasteiger partial charge in [0.1, 0.15) is 5.82 Å². The molecule has 0 aliphatic rings. The van der Waals surface area contributed by atoms with Crippen LogP contribution in [-0.4, -0.2) is 27.2 Å².